The number of ether oxygens (including phenoxy) is 2. The number of carbonyl (C=O) groups is 1. The van der Waals surface area contributed by atoms with Crippen LogP contribution in [0, 0.1) is 5.92 Å². The van der Waals surface area contributed by atoms with Gasteiger partial charge in [0.05, 0.1) is 28.7 Å². The molecule has 2 aromatic heterocycles. The first-order chi connectivity index (χ1) is 15.3. The van der Waals surface area contributed by atoms with E-state index in [1.165, 1.54) is 0 Å². The summed E-state index contributed by atoms with van der Waals surface area (Å²) in [5.74, 6) is 0.308. The Labute approximate surface area is 194 Å². The van der Waals surface area contributed by atoms with Gasteiger partial charge in [-0.05, 0) is 57.4 Å². The maximum Gasteiger partial charge on any atom is 0.306 e. The number of benzene rings is 1. The topological polar surface area (TPSA) is 108 Å². The van der Waals surface area contributed by atoms with E-state index in [4.69, 9.17) is 42.3 Å². The molecule has 32 heavy (non-hydrogen) atoms. The van der Waals surface area contributed by atoms with Crippen molar-refractivity contribution in [1.82, 2.24) is 15.1 Å². The normalized spacial score (nSPS) is 18.2. The minimum atomic E-state index is -0.782. The largest absolute Gasteiger partial charge is 0.490 e. The van der Waals surface area contributed by atoms with E-state index in [2.05, 4.69) is 15.1 Å². The minimum Gasteiger partial charge on any atom is -0.490 e. The van der Waals surface area contributed by atoms with Crippen molar-refractivity contribution in [3.05, 3.63) is 40.5 Å². The Kier molecular flexibility index (Phi) is 6.53. The van der Waals surface area contributed by atoms with Crippen molar-refractivity contribution in [3.8, 4) is 34.5 Å². The number of rotatable bonds is 7. The third kappa shape index (κ3) is 4.97. The Balaban J connectivity index is 1.48. The SMILES string of the molecule is CC(C)Oc1ncc(-c2nc(-c3ccc(O[C@H]4CC[C@H](C(=O)O)C4)cc3Cl)no2)cc1Cl. The zero-order valence-electron chi connectivity index (χ0n) is 17.4. The number of aromatic nitrogens is 3. The fourth-order valence-corrected chi connectivity index (χ4v) is 3.98. The maximum atomic E-state index is 11.1. The molecule has 0 saturated heterocycles. The first kappa shape index (κ1) is 22.4. The number of hydrogen-bond donors (Lipinski definition) is 1. The number of carboxylic acids is 1. The average molecular weight is 478 g/mol. The molecular weight excluding hydrogens is 457 g/mol. The van der Waals surface area contributed by atoms with Crippen LogP contribution in [-0.4, -0.2) is 38.4 Å². The number of aliphatic carboxylic acids is 1. The molecule has 0 amide bonds. The zero-order chi connectivity index (χ0) is 22.8. The Morgan fingerprint density at radius 2 is 2.03 bits per heavy atom. The van der Waals surface area contributed by atoms with Crippen LogP contribution < -0.4 is 9.47 Å². The van der Waals surface area contributed by atoms with Gasteiger partial charge in [-0.15, -0.1) is 0 Å². The van der Waals surface area contributed by atoms with E-state index in [9.17, 15) is 4.79 Å². The highest BCUT2D eigenvalue weighted by Crippen LogP contribution is 2.35. The molecule has 1 fully saturated rings. The van der Waals surface area contributed by atoms with Crippen molar-refractivity contribution in [2.75, 3.05) is 0 Å². The summed E-state index contributed by atoms with van der Waals surface area (Å²) >= 11 is 12.7. The van der Waals surface area contributed by atoms with Crippen LogP contribution in [-0.2, 0) is 4.79 Å². The van der Waals surface area contributed by atoms with E-state index in [1.54, 1.807) is 30.5 Å². The second-order valence-electron chi connectivity index (χ2n) is 7.83. The Bertz CT molecular complexity index is 1130. The van der Waals surface area contributed by atoms with Crippen LogP contribution in [0.2, 0.25) is 10.0 Å². The van der Waals surface area contributed by atoms with Crippen LogP contribution >= 0.6 is 23.2 Å². The highest BCUT2D eigenvalue weighted by molar-refractivity contribution is 6.33. The van der Waals surface area contributed by atoms with Crippen molar-refractivity contribution in [1.29, 1.82) is 0 Å². The molecule has 1 aromatic carbocycles. The second kappa shape index (κ2) is 9.34. The van der Waals surface area contributed by atoms with Gasteiger partial charge in [-0.2, -0.15) is 4.98 Å². The molecule has 0 bridgehead atoms. The summed E-state index contributed by atoms with van der Waals surface area (Å²) in [6.45, 7) is 3.77. The van der Waals surface area contributed by atoms with Gasteiger partial charge in [0, 0.05) is 11.8 Å². The standard InChI is InChI=1S/C22H21Cl2N3O5/c1-11(2)30-21-18(24)8-13(10-25-21)20-26-19(27-32-20)16-6-5-15(9-17(16)23)31-14-4-3-12(7-14)22(28)29/h5-6,8-12,14H,3-4,7H2,1-2H3,(H,28,29)/t12-,14-/m0/s1. The molecule has 10 heteroatoms. The van der Waals surface area contributed by atoms with Crippen molar-refractivity contribution in [2.24, 2.45) is 5.92 Å². The summed E-state index contributed by atoms with van der Waals surface area (Å²) in [6.07, 6.45) is 3.14. The Morgan fingerprint density at radius 3 is 2.69 bits per heavy atom. The van der Waals surface area contributed by atoms with E-state index in [-0.39, 0.29) is 24.0 Å². The van der Waals surface area contributed by atoms with Crippen molar-refractivity contribution in [2.45, 2.75) is 45.3 Å². The van der Waals surface area contributed by atoms with Gasteiger partial charge >= 0.3 is 5.97 Å². The molecule has 3 aromatic rings. The fraction of sp³-hybridized carbons (Fsp3) is 0.364. The van der Waals surface area contributed by atoms with E-state index >= 15 is 0 Å². The number of nitrogens with zero attached hydrogens (tertiary/aromatic N) is 3. The molecule has 0 radical (unpaired) electrons. The molecule has 0 spiro atoms. The molecule has 168 valence electrons. The summed E-state index contributed by atoms with van der Waals surface area (Å²) in [6, 6.07) is 6.80. The lowest BCUT2D eigenvalue weighted by atomic mass is 10.1. The van der Waals surface area contributed by atoms with Crippen LogP contribution in [0.15, 0.2) is 35.0 Å². The molecule has 8 nitrogen and oxygen atoms in total. The second-order valence-corrected chi connectivity index (χ2v) is 8.64. The van der Waals surface area contributed by atoms with Crippen LogP contribution in [0.5, 0.6) is 11.6 Å². The molecule has 1 N–H and O–H groups in total. The lowest BCUT2D eigenvalue weighted by molar-refractivity contribution is -0.141. The number of pyridine rings is 1. The molecule has 2 atom stereocenters. The van der Waals surface area contributed by atoms with Crippen LogP contribution in [0.4, 0.5) is 0 Å². The molecule has 1 saturated carbocycles. The third-order valence-electron chi connectivity index (χ3n) is 5.05. The summed E-state index contributed by atoms with van der Waals surface area (Å²) in [7, 11) is 0. The van der Waals surface area contributed by atoms with Gasteiger partial charge < -0.3 is 19.1 Å². The quantitative estimate of drug-likeness (QED) is 0.473. The Morgan fingerprint density at radius 1 is 1.22 bits per heavy atom. The lowest BCUT2D eigenvalue weighted by Gasteiger charge is -2.14. The van der Waals surface area contributed by atoms with Crippen LogP contribution in [0.3, 0.4) is 0 Å². The molecule has 0 unspecified atom stereocenters. The van der Waals surface area contributed by atoms with Gasteiger partial charge in [-0.25, -0.2) is 4.98 Å². The average Bonchev–Trinajstić information content (AvgIpc) is 3.39. The monoisotopic (exact) mass is 477 g/mol. The zero-order valence-corrected chi connectivity index (χ0v) is 18.9. The third-order valence-corrected chi connectivity index (χ3v) is 5.63. The van der Waals surface area contributed by atoms with Gasteiger partial charge in [0.15, 0.2) is 0 Å². The summed E-state index contributed by atoms with van der Waals surface area (Å²) in [5.41, 5.74) is 1.12. The van der Waals surface area contributed by atoms with Crippen LogP contribution in [0.1, 0.15) is 33.1 Å². The first-order valence-corrected chi connectivity index (χ1v) is 10.9. The molecule has 4 rings (SSSR count). The van der Waals surface area contributed by atoms with E-state index in [0.717, 1.165) is 0 Å². The summed E-state index contributed by atoms with van der Waals surface area (Å²) in [5, 5.41) is 13.9. The lowest BCUT2D eigenvalue weighted by Crippen LogP contribution is -2.15. The highest BCUT2D eigenvalue weighted by atomic mass is 35.5. The van der Waals surface area contributed by atoms with E-state index in [0.29, 0.717) is 57.9 Å². The molecule has 2 heterocycles. The molecule has 1 aliphatic rings. The number of carboxylic acid groups (broad SMARTS) is 1. The summed E-state index contributed by atoms with van der Waals surface area (Å²) in [4.78, 5) is 19.7. The highest BCUT2D eigenvalue weighted by Gasteiger charge is 2.31. The van der Waals surface area contributed by atoms with Gasteiger partial charge in [0.2, 0.25) is 11.7 Å². The van der Waals surface area contributed by atoms with Gasteiger partial charge in [0.1, 0.15) is 10.8 Å². The number of halogens is 2. The van der Waals surface area contributed by atoms with Crippen LogP contribution in [0.25, 0.3) is 22.8 Å². The molecule has 0 aliphatic heterocycles. The minimum absolute atomic E-state index is 0.0535. The van der Waals surface area contributed by atoms with Gasteiger partial charge in [-0.3, -0.25) is 4.79 Å². The van der Waals surface area contributed by atoms with E-state index < -0.39 is 5.97 Å². The predicted molar refractivity (Wildman–Crippen MR) is 118 cm³/mol. The Hall–Kier alpha value is -2.84. The van der Waals surface area contributed by atoms with Gasteiger partial charge in [-0.1, -0.05) is 28.4 Å². The van der Waals surface area contributed by atoms with E-state index in [1.807, 2.05) is 13.8 Å². The van der Waals surface area contributed by atoms with Crippen molar-refractivity contribution < 1.29 is 23.9 Å². The summed E-state index contributed by atoms with van der Waals surface area (Å²) < 4.78 is 16.8. The van der Waals surface area contributed by atoms with Crippen molar-refractivity contribution >= 4 is 29.2 Å². The molecular formula is C22H21Cl2N3O5. The van der Waals surface area contributed by atoms with Gasteiger partial charge in [0.25, 0.3) is 5.89 Å². The first-order valence-electron chi connectivity index (χ1n) is 10.2. The smallest absolute Gasteiger partial charge is 0.306 e. The maximum absolute atomic E-state index is 11.1. The molecule has 1 aliphatic carbocycles. The fourth-order valence-electron chi connectivity index (χ4n) is 3.52. The predicted octanol–water partition coefficient (Wildman–Crippen LogP) is 5.52. The number of hydrogen-bond acceptors (Lipinski definition) is 7. The van der Waals surface area contributed by atoms with Crippen molar-refractivity contribution in [3.63, 3.8) is 0 Å².